The maximum Gasteiger partial charge on any atom is 0.155 e. The molecule has 1 rings (SSSR count). The fourth-order valence-electron chi connectivity index (χ4n) is 0.909. The minimum Gasteiger partial charge on any atom is -0.318 e. The van der Waals surface area contributed by atoms with Gasteiger partial charge in [-0.15, -0.1) is 0 Å². The van der Waals surface area contributed by atoms with Gasteiger partial charge in [0, 0.05) is 0 Å². The standard InChI is InChI=1S/C11H10BrF2N/c1-2-7(15)3-4-8-10(13)6-5-9(12)11(8)14/h5-7H,2,15H2,1H3. The first-order valence-electron chi connectivity index (χ1n) is 4.46. The van der Waals surface area contributed by atoms with E-state index in [4.69, 9.17) is 5.73 Å². The van der Waals surface area contributed by atoms with Crippen molar-refractivity contribution in [1.82, 2.24) is 0 Å². The number of rotatable bonds is 1. The molecule has 1 nitrogen and oxygen atoms in total. The van der Waals surface area contributed by atoms with Gasteiger partial charge in [-0.2, -0.15) is 0 Å². The quantitative estimate of drug-likeness (QED) is 0.618. The normalized spacial score (nSPS) is 11.8. The van der Waals surface area contributed by atoms with Crippen LogP contribution in [0, 0.1) is 23.5 Å². The second-order valence-corrected chi connectivity index (χ2v) is 3.86. The van der Waals surface area contributed by atoms with E-state index in [1.54, 1.807) is 0 Å². The van der Waals surface area contributed by atoms with Crippen LogP contribution in [0.5, 0.6) is 0 Å². The highest BCUT2D eigenvalue weighted by Gasteiger charge is 2.09. The SMILES string of the molecule is CCC(N)C#Cc1c(F)ccc(Br)c1F. The molecule has 1 aromatic carbocycles. The third-order valence-electron chi connectivity index (χ3n) is 1.87. The third-order valence-corrected chi connectivity index (χ3v) is 2.48. The molecule has 0 aliphatic heterocycles. The molecule has 1 unspecified atom stereocenters. The molecule has 0 aliphatic carbocycles. The summed E-state index contributed by atoms with van der Waals surface area (Å²) in [6.45, 7) is 1.85. The summed E-state index contributed by atoms with van der Waals surface area (Å²) in [6.07, 6.45) is 0.643. The van der Waals surface area contributed by atoms with Crippen molar-refractivity contribution in [2.75, 3.05) is 0 Å². The fraction of sp³-hybridized carbons (Fsp3) is 0.273. The van der Waals surface area contributed by atoms with Crippen molar-refractivity contribution < 1.29 is 8.78 Å². The molecule has 0 amide bonds. The Morgan fingerprint density at radius 2 is 2.13 bits per heavy atom. The minimum absolute atomic E-state index is 0.193. The van der Waals surface area contributed by atoms with Crippen LogP contribution in [0.25, 0.3) is 0 Å². The van der Waals surface area contributed by atoms with Crippen LogP contribution in [-0.4, -0.2) is 6.04 Å². The van der Waals surface area contributed by atoms with Crippen molar-refractivity contribution >= 4 is 15.9 Å². The molecule has 0 saturated carbocycles. The van der Waals surface area contributed by atoms with Crippen LogP contribution >= 0.6 is 15.9 Å². The van der Waals surface area contributed by atoms with Crippen molar-refractivity contribution in [2.45, 2.75) is 19.4 Å². The van der Waals surface area contributed by atoms with Crippen molar-refractivity contribution in [3.63, 3.8) is 0 Å². The van der Waals surface area contributed by atoms with E-state index in [0.29, 0.717) is 6.42 Å². The Balaban J connectivity index is 3.12. The van der Waals surface area contributed by atoms with Gasteiger partial charge in [-0.3, -0.25) is 0 Å². The van der Waals surface area contributed by atoms with Gasteiger partial charge in [-0.25, -0.2) is 8.78 Å². The van der Waals surface area contributed by atoms with Gasteiger partial charge in [0.25, 0.3) is 0 Å². The number of hydrogen-bond donors (Lipinski definition) is 1. The lowest BCUT2D eigenvalue weighted by Crippen LogP contribution is -2.15. The molecule has 0 aliphatic rings. The molecule has 15 heavy (non-hydrogen) atoms. The zero-order chi connectivity index (χ0) is 11.4. The molecule has 0 radical (unpaired) electrons. The van der Waals surface area contributed by atoms with Crippen LogP contribution in [0.15, 0.2) is 16.6 Å². The van der Waals surface area contributed by atoms with Gasteiger partial charge >= 0.3 is 0 Å². The third kappa shape index (κ3) is 3.01. The highest BCUT2D eigenvalue weighted by molar-refractivity contribution is 9.10. The van der Waals surface area contributed by atoms with Crippen LogP contribution < -0.4 is 5.73 Å². The van der Waals surface area contributed by atoms with E-state index in [9.17, 15) is 8.78 Å². The Labute approximate surface area is 95.8 Å². The molecule has 1 atom stereocenters. The first-order chi connectivity index (χ1) is 7.06. The molecule has 2 N–H and O–H groups in total. The smallest absolute Gasteiger partial charge is 0.155 e. The summed E-state index contributed by atoms with van der Waals surface area (Å²) < 4.78 is 26.8. The number of hydrogen-bond acceptors (Lipinski definition) is 1. The average molecular weight is 274 g/mol. The van der Waals surface area contributed by atoms with Crippen molar-refractivity contribution in [3.8, 4) is 11.8 Å². The second kappa shape index (κ2) is 5.24. The highest BCUT2D eigenvalue weighted by Crippen LogP contribution is 2.20. The predicted molar refractivity (Wildman–Crippen MR) is 59.2 cm³/mol. The molecular formula is C11H10BrF2N. The summed E-state index contributed by atoms with van der Waals surface area (Å²) in [5.41, 5.74) is 5.29. The Kier molecular flexibility index (Phi) is 4.25. The molecule has 4 heteroatoms. The van der Waals surface area contributed by atoms with Gasteiger partial charge in [0.15, 0.2) is 5.82 Å². The van der Waals surface area contributed by atoms with Crippen LogP contribution in [0.4, 0.5) is 8.78 Å². The van der Waals surface area contributed by atoms with Gasteiger partial charge < -0.3 is 5.73 Å². The molecule has 1 aromatic rings. The van der Waals surface area contributed by atoms with E-state index in [1.165, 1.54) is 6.07 Å². The first kappa shape index (κ1) is 12.2. The monoisotopic (exact) mass is 273 g/mol. The number of nitrogens with two attached hydrogens (primary N) is 1. The molecule has 0 heterocycles. The van der Waals surface area contributed by atoms with E-state index in [2.05, 4.69) is 27.8 Å². The Hall–Kier alpha value is -0.920. The van der Waals surface area contributed by atoms with E-state index in [0.717, 1.165) is 6.07 Å². The topological polar surface area (TPSA) is 26.0 Å². The molecular weight excluding hydrogens is 264 g/mol. The summed E-state index contributed by atoms with van der Waals surface area (Å²) >= 11 is 2.96. The predicted octanol–water partition coefficient (Wildman–Crippen LogP) is 2.82. The van der Waals surface area contributed by atoms with Crippen molar-refractivity contribution in [2.24, 2.45) is 5.73 Å². The minimum atomic E-state index is -0.689. The molecule has 80 valence electrons. The summed E-state index contributed by atoms with van der Waals surface area (Å²) in [4.78, 5) is 0. The highest BCUT2D eigenvalue weighted by atomic mass is 79.9. The molecule has 0 bridgehead atoms. The largest absolute Gasteiger partial charge is 0.318 e. The van der Waals surface area contributed by atoms with E-state index in [1.807, 2.05) is 6.92 Å². The van der Waals surface area contributed by atoms with Gasteiger partial charge in [0.2, 0.25) is 0 Å². The zero-order valence-corrected chi connectivity index (χ0v) is 9.74. The van der Waals surface area contributed by atoms with E-state index >= 15 is 0 Å². The van der Waals surface area contributed by atoms with Crippen LogP contribution in [0.3, 0.4) is 0 Å². The Morgan fingerprint density at radius 1 is 1.47 bits per heavy atom. The van der Waals surface area contributed by atoms with Crippen LogP contribution in [0.1, 0.15) is 18.9 Å². The lowest BCUT2D eigenvalue weighted by atomic mass is 10.1. The maximum atomic E-state index is 13.4. The second-order valence-electron chi connectivity index (χ2n) is 3.00. The van der Waals surface area contributed by atoms with Crippen molar-refractivity contribution in [1.29, 1.82) is 0 Å². The van der Waals surface area contributed by atoms with E-state index in [-0.39, 0.29) is 16.1 Å². The zero-order valence-electron chi connectivity index (χ0n) is 8.15. The number of benzene rings is 1. The Morgan fingerprint density at radius 3 is 2.73 bits per heavy atom. The van der Waals surface area contributed by atoms with Crippen LogP contribution in [0.2, 0.25) is 0 Å². The first-order valence-corrected chi connectivity index (χ1v) is 5.26. The van der Waals surface area contributed by atoms with Gasteiger partial charge in [0.05, 0.1) is 16.1 Å². The average Bonchev–Trinajstić information content (AvgIpc) is 2.23. The fourth-order valence-corrected chi connectivity index (χ4v) is 1.24. The molecule has 0 saturated heterocycles. The Bertz CT molecular complexity index is 421. The van der Waals surface area contributed by atoms with Crippen molar-refractivity contribution in [3.05, 3.63) is 33.8 Å². The van der Waals surface area contributed by atoms with E-state index < -0.39 is 11.6 Å². The summed E-state index contributed by atoms with van der Waals surface area (Å²) in [6, 6.07) is 2.10. The molecule has 0 aromatic heterocycles. The van der Waals surface area contributed by atoms with Gasteiger partial charge in [-0.1, -0.05) is 18.8 Å². The summed E-state index contributed by atoms with van der Waals surface area (Å²) in [7, 11) is 0. The lowest BCUT2D eigenvalue weighted by Gasteiger charge is -2.00. The molecule has 0 spiro atoms. The maximum absolute atomic E-state index is 13.4. The van der Waals surface area contributed by atoms with Crippen LogP contribution in [-0.2, 0) is 0 Å². The number of halogens is 3. The summed E-state index contributed by atoms with van der Waals surface area (Å²) in [5, 5.41) is 0. The van der Waals surface area contributed by atoms with Gasteiger partial charge in [0.1, 0.15) is 5.82 Å². The van der Waals surface area contributed by atoms with Gasteiger partial charge in [-0.05, 0) is 34.5 Å². The molecule has 0 fully saturated rings. The summed E-state index contributed by atoms with van der Waals surface area (Å²) in [5.74, 6) is 3.64. The lowest BCUT2D eigenvalue weighted by molar-refractivity contribution is 0.573.